The summed E-state index contributed by atoms with van der Waals surface area (Å²) < 4.78 is 17.7. The van der Waals surface area contributed by atoms with E-state index in [0.29, 0.717) is 11.6 Å². The van der Waals surface area contributed by atoms with E-state index in [1.807, 2.05) is 24.3 Å². The van der Waals surface area contributed by atoms with Crippen molar-refractivity contribution in [1.29, 1.82) is 0 Å². The molecule has 2 aliphatic rings. The summed E-state index contributed by atoms with van der Waals surface area (Å²) in [6.45, 7) is 2.61. The summed E-state index contributed by atoms with van der Waals surface area (Å²) >= 11 is 19.5. The van der Waals surface area contributed by atoms with E-state index in [0.717, 1.165) is 44.1 Å². The fourth-order valence-electron chi connectivity index (χ4n) is 4.48. The van der Waals surface area contributed by atoms with Gasteiger partial charge in [0.15, 0.2) is 6.29 Å². The van der Waals surface area contributed by atoms with E-state index in [1.54, 1.807) is 7.11 Å². The fourth-order valence-corrected chi connectivity index (χ4v) is 5.46. The van der Waals surface area contributed by atoms with Gasteiger partial charge in [0, 0.05) is 23.6 Å². The lowest BCUT2D eigenvalue weighted by Crippen LogP contribution is -2.57. The molecule has 146 valence electrons. The summed E-state index contributed by atoms with van der Waals surface area (Å²) in [4.78, 5) is 0. The molecule has 0 N–H and O–H groups in total. The third-order valence-electron chi connectivity index (χ3n) is 5.75. The molecule has 3 nitrogen and oxygen atoms in total. The lowest BCUT2D eigenvalue weighted by Gasteiger charge is -2.49. The highest BCUT2D eigenvalue weighted by Gasteiger charge is 2.56. The lowest BCUT2D eigenvalue weighted by molar-refractivity contribution is -0.171. The van der Waals surface area contributed by atoms with Crippen LogP contribution in [-0.2, 0) is 14.2 Å². The van der Waals surface area contributed by atoms with Crippen LogP contribution in [0.25, 0.3) is 0 Å². The molecule has 2 fully saturated rings. The van der Waals surface area contributed by atoms with Gasteiger partial charge in [0.05, 0.1) is 6.61 Å². The van der Waals surface area contributed by atoms with Crippen LogP contribution in [0, 0.1) is 5.92 Å². The molecule has 1 saturated heterocycles. The molecule has 1 aromatic carbocycles. The molecule has 0 aromatic heterocycles. The largest absolute Gasteiger partial charge is 0.375 e. The summed E-state index contributed by atoms with van der Waals surface area (Å²) in [6.07, 6.45) is 5.02. The summed E-state index contributed by atoms with van der Waals surface area (Å²) in [7, 11) is 1.74. The molecule has 1 aromatic rings. The zero-order valence-corrected chi connectivity index (χ0v) is 17.6. The van der Waals surface area contributed by atoms with Crippen molar-refractivity contribution < 1.29 is 14.2 Å². The van der Waals surface area contributed by atoms with E-state index < -0.39 is 16.2 Å². The normalized spacial score (nSPS) is 30.9. The van der Waals surface area contributed by atoms with Crippen LogP contribution >= 0.6 is 34.8 Å². The summed E-state index contributed by atoms with van der Waals surface area (Å²) in [6, 6.07) is 7.54. The summed E-state index contributed by atoms with van der Waals surface area (Å²) in [5, 5.41) is 0.691. The van der Waals surface area contributed by atoms with Crippen LogP contribution in [0.3, 0.4) is 0 Å². The zero-order chi connectivity index (χ0) is 18.8. The topological polar surface area (TPSA) is 27.7 Å². The van der Waals surface area contributed by atoms with Crippen LogP contribution in [0.1, 0.15) is 57.3 Å². The average Bonchev–Trinajstić information content (AvgIpc) is 3.11. The Morgan fingerprint density at radius 2 is 1.96 bits per heavy atom. The average molecular weight is 422 g/mol. The van der Waals surface area contributed by atoms with Gasteiger partial charge in [-0.3, -0.25) is 0 Å². The first-order valence-electron chi connectivity index (χ1n) is 9.38. The maximum atomic E-state index is 6.76. The molecule has 0 amide bonds. The smallest absolute Gasteiger partial charge is 0.184 e. The number of methoxy groups -OCH3 is 1. The van der Waals surface area contributed by atoms with Gasteiger partial charge in [-0.15, -0.1) is 23.2 Å². The van der Waals surface area contributed by atoms with Crippen molar-refractivity contribution in [3.8, 4) is 0 Å². The third kappa shape index (κ3) is 4.04. The van der Waals surface area contributed by atoms with Gasteiger partial charge in [-0.25, -0.2) is 0 Å². The van der Waals surface area contributed by atoms with Gasteiger partial charge in [0.2, 0.25) is 0 Å². The van der Waals surface area contributed by atoms with Crippen molar-refractivity contribution >= 4 is 34.8 Å². The van der Waals surface area contributed by atoms with Crippen molar-refractivity contribution in [2.75, 3.05) is 13.7 Å². The molecule has 4 unspecified atom stereocenters. The van der Waals surface area contributed by atoms with Crippen LogP contribution in [-0.4, -0.2) is 29.8 Å². The molecule has 6 heteroatoms. The maximum absolute atomic E-state index is 6.76. The predicted molar refractivity (Wildman–Crippen MR) is 106 cm³/mol. The molecule has 0 radical (unpaired) electrons. The fraction of sp³-hybridized carbons (Fsp3) is 0.700. The molecule has 1 heterocycles. The number of alkyl halides is 2. The second kappa shape index (κ2) is 8.55. The van der Waals surface area contributed by atoms with Gasteiger partial charge in [-0.2, -0.15) is 0 Å². The van der Waals surface area contributed by atoms with Crippen LogP contribution in [0.2, 0.25) is 5.02 Å². The van der Waals surface area contributed by atoms with Crippen molar-refractivity contribution in [2.24, 2.45) is 5.92 Å². The van der Waals surface area contributed by atoms with E-state index in [-0.39, 0.29) is 12.0 Å². The molecular formula is C20H27Cl3O3. The molecule has 0 spiro atoms. The van der Waals surface area contributed by atoms with Crippen molar-refractivity contribution in [3.05, 3.63) is 34.9 Å². The number of hydrogen-bond donors (Lipinski definition) is 0. The number of hydrogen-bond acceptors (Lipinski definition) is 3. The molecular weight excluding hydrogens is 395 g/mol. The monoisotopic (exact) mass is 420 g/mol. The van der Waals surface area contributed by atoms with E-state index in [1.165, 1.54) is 0 Å². The standard InChI is InChI=1S/C20H27Cl3O3/c1-3-11-19(24-2,16-6-4-5-12-20(16,22)23)17-13-25-18(26-17)14-7-9-15(21)10-8-14/h7-10,16-18H,3-6,11-13H2,1-2H3. The van der Waals surface area contributed by atoms with E-state index >= 15 is 0 Å². The van der Waals surface area contributed by atoms with Gasteiger partial charge in [-0.05, 0) is 31.4 Å². The third-order valence-corrected chi connectivity index (χ3v) is 6.90. The van der Waals surface area contributed by atoms with Gasteiger partial charge < -0.3 is 14.2 Å². The first kappa shape index (κ1) is 20.7. The Morgan fingerprint density at radius 1 is 1.23 bits per heavy atom. The van der Waals surface area contributed by atoms with Gasteiger partial charge in [0.1, 0.15) is 16.0 Å². The number of benzene rings is 1. The second-order valence-electron chi connectivity index (χ2n) is 7.31. The first-order chi connectivity index (χ1) is 12.4. The first-order valence-corrected chi connectivity index (χ1v) is 10.5. The number of halogens is 3. The van der Waals surface area contributed by atoms with Gasteiger partial charge in [-0.1, -0.05) is 49.9 Å². The minimum atomic E-state index is -0.800. The van der Waals surface area contributed by atoms with E-state index in [4.69, 9.17) is 49.0 Å². The minimum absolute atomic E-state index is 0.00889. The number of rotatable bonds is 6. The summed E-state index contributed by atoms with van der Waals surface area (Å²) in [5.41, 5.74) is 0.393. The summed E-state index contributed by atoms with van der Waals surface area (Å²) in [5.74, 6) is 0.00889. The molecule has 3 rings (SSSR count). The highest BCUT2D eigenvalue weighted by molar-refractivity contribution is 6.48. The molecule has 1 saturated carbocycles. The zero-order valence-electron chi connectivity index (χ0n) is 15.3. The SMILES string of the molecule is CCCC(OC)(C1COC(c2ccc(Cl)cc2)O1)C1CCCCC1(Cl)Cl. The molecule has 4 atom stereocenters. The Labute approximate surface area is 171 Å². The maximum Gasteiger partial charge on any atom is 0.184 e. The van der Waals surface area contributed by atoms with Crippen molar-refractivity contribution in [3.63, 3.8) is 0 Å². The van der Waals surface area contributed by atoms with Crippen molar-refractivity contribution in [1.82, 2.24) is 0 Å². The molecule has 26 heavy (non-hydrogen) atoms. The van der Waals surface area contributed by atoms with Gasteiger partial charge >= 0.3 is 0 Å². The highest BCUT2D eigenvalue weighted by Crippen LogP contribution is 2.53. The predicted octanol–water partition coefficient (Wildman–Crippen LogP) is 6.30. The molecule has 1 aliphatic carbocycles. The van der Waals surface area contributed by atoms with Crippen LogP contribution in [0.15, 0.2) is 24.3 Å². The Bertz CT molecular complexity index is 592. The van der Waals surface area contributed by atoms with E-state index in [2.05, 4.69) is 6.92 Å². The Balaban J connectivity index is 1.85. The highest BCUT2D eigenvalue weighted by atomic mass is 35.5. The number of ether oxygens (including phenoxy) is 3. The lowest BCUT2D eigenvalue weighted by atomic mass is 9.71. The Kier molecular flexibility index (Phi) is 6.80. The quantitative estimate of drug-likeness (QED) is 0.504. The van der Waals surface area contributed by atoms with Crippen LogP contribution < -0.4 is 0 Å². The second-order valence-corrected chi connectivity index (χ2v) is 9.29. The van der Waals surface area contributed by atoms with Crippen molar-refractivity contribution in [2.45, 2.75) is 67.8 Å². The van der Waals surface area contributed by atoms with Crippen LogP contribution in [0.4, 0.5) is 0 Å². The Morgan fingerprint density at radius 3 is 2.58 bits per heavy atom. The van der Waals surface area contributed by atoms with Crippen LogP contribution in [0.5, 0.6) is 0 Å². The van der Waals surface area contributed by atoms with Gasteiger partial charge in [0.25, 0.3) is 0 Å². The van der Waals surface area contributed by atoms with E-state index in [9.17, 15) is 0 Å². The Hall–Kier alpha value is -0.0300. The minimum Gasteiger partial charge on any atom is -0.375 e. The molecule has 0 bridgehead atoms. The molecule has 1 aliphatic heterocycles.